The molecule has 0 aromatic carbocycles. The molecule has 3 N–H and O–H groups in total. The zero-order valence-electron chi connectivity index (χ0n) is 13.7. The van der Waals surface area contributed by atoms with E-state index < -0.39 is 0 Å². The van der Waals surface area contributed by atoms with Crippen LogP contribution in [0.15, 0.2) is 12.2 Å². The summed E-state index contributed by atoms with van der Waals surface area (Å²) in [6.07, 6.45) is 21.5. The molecule has 0 aromatic rings. The summed E-state index contributed by atoms with van der Waals surface area (Å²) in [6.45, 7) is 2.36. The molecule has 0 aliphatic rings. The molecule has 0 saturated carbocycles. The number of allylic oxidation sites excluding steroid dienone is 2. The van der Waals surface area contributed by atoms with Crippen molar-refractivity contribution < 1.29 is 5.11 Å². The van der Waals surface area contributed by atoms with Gasteiger partial charge in [-0.15, -0.1) is 0 Å². The SMILES string of the molecule is CCCC=CCCCCCCCCCCCC(N)CO. The van der Waals surface area contributed by atoms with Gasteiger partial charge in [0.05, 0.1) is 6.61 Å². The summed E-state index contributed by atoms with van der Waals surface area (Å²) in [7, 11) is 0. The predicted octanol–water partition coefficient (Wildman–Crippen LogP) is 4.95. The van der Waals surface area contributed by atoms with Crippen LogP contribution in [0.1, 0.15) is 90.4 Å². The first-order valence-corrected chi connectivity index (χ1v) is 8.82. The van der Waals surface area contributed by atoms with Crippen LogP contribution in [0.3, 0.4) is 0 Å². The van der Waals surface area contributed by atoms with E-state index in [-0.39, 0.29) is 12.6 Å². The highest BCUT2D eigenvalue weighted by atomic mass is 16.3. The topological polar surface area (TPSA) is 46.2 Å². The van der Waals surface area contributed by atoms with E-state index in [1.165, 1.54) is 77.0 Å². The van der Waals surface area contributed by atoms with E-state index >= 15 is 0 Å². The van der Waals surface area contributed by atoms with Gasteiger partial charge in [-0.1, -0.05) is 76.9 Å². The number of aliphatic hydroxyl groups is 1. The molecule has 0 heterocycles. The summed E-state index contributed by atoms with van der Waals surface area (Å²) >= 11 is 0. The van der Waals surface area contributed by atoms with Crippen LogP contribution in [0.2, 0.25) is 0 Å². The van der Waals surface area contributed by atoms with Crippen LogP contribution in [0.4, 0.5) is 0 Å². The summed E-state index contributed by atoms with van der Waals surface area (Å²) in [5, 5.41) is 8.81. The molecular weight excluding hydrogens is 246 g/mol. The Morgan fingerprint density at radius 1 is 0.800 bits per heavy atom. The Kier molecular flexibility index (Phi) is 16.4. The van der Waals surface area contributed by atoms with E-state index in [4.69, 9.17) is 10.8 Å². The van der Waals surface area contributed by atoms with Gasteiger partial charge in [0, 0.05) is 6.04 Å². The van der Waals surface area contributed by atoms with Crippen molar-refractivity contribution in [3.63, 3.8) is 0 Å². The Morgan fingerprint density at radius 2 is 1.30 bits per heavy atom. The molecule has 2 heteroatoms. The van der Waals surface area contributed by atoms with Crippen LogP contribution >= 0.6 is 0 Å². The monoisotopic (exact) mass is 283 g/mol. The zero-order chi connectivity index (χ0) is 14.9. The van der Waals surface area contributed by atoms with Crippen molar-refractivity contribution >= 4 is 0 Å². The van der Waals surface area contributed by atoms with Gasteiger partial charge in [0.25, 0.3) is 0 Å². The third-order valence-electron chi connectivity index (χ3n) is 3.80. The Labute approximate surface area is 126 Å². The van der Waals surface area contributed by atoms with Crippen molar-refractivity contribution in [1.82, 2.24) is 0 Å². The Hall–Kier alpha value is -0.340. The maximum atomic E-state index is 8.81. The minimum atomic E-state index is 0.00127. The van der Waals surface area contributed by atoms with E-state index in [0.29, 0.717) is 0 Å². The molecule has 2 nitrogen and oxygen atoms in total. The lowest BCUT2D eigenvalue weighted by molar-refractivity contribution is 0.257. The average Bonchev–Trinajstić information content (AvgIpc) is 2.47. The lowest BCUT2D eigenvalue weighted by Gasteiger charge is -2.07. The fourth-order valence-electron chi connectivity index (χ4n) is 2.40. The van der Waals surface area contributed by atoms with E-state index in [1.54, 1.807) is 0 Å². The van der Waals surface area contributed by atoms with Crippen LogP contribution in [-0.4, -0.2) is 17.8 Å². The fourth-order valence-corrected chi connectivity index (χ4v) is 2.40. The Balaban J connectivity index is 3.03. The summed E-state index contributed by atoms with van der Waals surface area (Å²) in [6, 6.07) is 0.00127. The van der Waals surface area contributed by atoms with Crippen molar-refractivity contribution in [1.29, 1.82) is 0 Å². The van der Waals surface area contributed by atoms with Crippen molar-refractivity contribution in [2.24, 2.45) is 5.73 Å². The summed E-state index contributed by atoms with van der Waals surface area (Å²) in [5.74, 6) is 0. The van der Waals surface area contributed by atoms with Crippen LogP contribution < -0.4 is 5.73 Å². The molecule has 1 atom stereocenters. The molecule has 0 radical (unpaired) electrons. The standard InChI is InChI=1S/C18H37NO/c1-2-3-4-5-6-7-8-9-10-11-12-13-14-15-16-18(19)17-20/h4-5,18,20H,2-3,6-17,19H2,1H3. The van der Waals surface area contributed by atoms with Gasteiger partial charge in [-0.25, -0.2) is 0 Å². The second kappa shape index (κ2) is 16.7. The number of hydrogen-bond donors (Lipinski definition) is 2. The first kappa shape index (κ1) is 19.7. The van der Waals surface area contributed by atoms with Gasteiger partial charge >= 0.3 is 0 Å². The van der Waals surface area contributed by atoms with Crippen LogP contribution in [0.5, 0.6) is 0 Å². The van der Waals surface area contributed by atoms with Crippen LogP contribution in [0, 0.1) is 0 Å². The number of hydrogen-bond acceptors (Lipinski definition) is 2. The molecule has 0 aromatic heterocycles. The van der Waals surface area contributed by atoms with Gasteiger partial charge in [0.15, 0.2) is 0 Å². The molecule has 0 aliphatic heterocycles. The number of unbranched alkanes of at least 4 members (excludes halogenated alkanes) is 10. The quantitative estimate of drug-likeness (QED) is 0.330. The largest absolute Gasteiger partial charge is 0.395 e. The van der Waals surface area contributed by atoms with Crippen molar-refractivity contribution in [3.8, 4) is 0 Å². The maximum Gasteiger partial charge on any atom is 0.0582 e. The third-order valence-corrected chi connectivity index (χ3v) is 3.80. The number of rotatable bonds is 15. The lowest BCUT2D eigenvalue weighted by atomic mass is 10.0. The smallest absolute Gasteiger partial charge is 0.0582 e. The van der Waals surface area contributed by atoms with Crippen molar-refractivity contribution in [3.05, 3.63) is 12.2 Å². The number of aliphatic hydroxyl groups excluding tert-OH is 1. The van der Waals surface area contributed by atoms with Gasteiger partial charge in [-0.2, -0.15) is 0 Å². The van der Waals surface area contributed by atoms with E-state index in [0.717, 1.165) is 6.42 Å². The predicted molar refractivity (Wildman–Crippen MR) is 89.9 cm³/mol. The molecule has 1 unspecified atom stereocenters. The minimum Gasteiger partial charge on any atom is -0.395 e. The molecule has 0 amide bonds. The first-order valence-electron chi connectivity index (χ1n) is 8.82. The van der Waals surface area contributed by atoms with E-state index in [9.17, 15) is 0 Å². The highest BCUT2D eigenvalue weighted by molar-refractivity contribution is 4.80. The molecule has 0 aliphatic carbocycles. The zero-order valence-corrected chi connectivity index (χ0v) is 13.7. The molecule has 0 spiro atoms. The molecule has 120 valence electrons. The van der Waals surface area contributed by atoms with Gasteiger partial charge in [0.2, 0.25) is 0 Å². The van der Waals surface area contributed by atoms with Gasteiger partial charge in [-0.3, -0.25) is 0 Å². The van der Waals surface area contributed by atoms with E-state index in [1.807, 2.05) is 0 Å². The highest BCUT2D eigenvalue weighted by Gasteiger charge is 1.99. The molecule has 0 bridgehead atoms. The fraction of sp³-hybridized carbons (Fsp3) is 0.889. The third kappa shape index (κ3) is 15.7. The molecular formula is C18H37NO. The normalized spacial score (nSPS) is 13.2. The second-order valence-corrected chi connectivity index (χ2v) is 5.96. The minimum absolute atomic E-state index is 0.00127. The first-order chi connectivity index (χ1) is 9.81. The lowest BCUT2D eigenvalue weighted by Crippen LogP contribution is -2.23. The number of nitrogens with two attached hydrogens (primary N) is 1. The summed E-state index contributed by atoms with van der Waals surface area (Å²) < 4.78 is 0. The van der Waals surface area contributed by atoms with Gasteiger partial charge in [-0.05, 0) is 25.7 Å². The van der Waals surface area contributed by atoms with Gasteiger partial charge in [0.1, 0.15) is 0 Å². The highest BCUT2D eigenvalue weighted by Crippen LogP contribution is 2.12. The van der Waals surface area contributed by atoms with E-state index in [2.05, 4.69) is 19.1 Å². The van der Waals surface area contributed by atoms with Crippen molar-refractivity contribution in [2.45, 2.75) is 96.4 Å². The average molecular weight is 283 g/mol. The summed E-state index contributed by atoms with van der Waals surface area (Å²) in [5.41, 5.74) is 5.67. The summed E-state index contributed by atoms with van der Waals surface area (Å²) in [4.78, 5) is 0. The Morgan fingerprint density at radius 3 is 1.85 bits per heavy atom. The molecule has 0 rings (SSSR count). The van der Waals surface area contributed by atoms with Crippen LogP contribution in [0.25, 0.3) is 0 Å². The Bertz CT molecular complexity index is 204. The maximum absolute atomic E-state index is 8.81. The van der Waals surface area contributed by atoms with Crippen molar-refractivity contribution in [2.75, 3.05) is 6.61 Å². The molecule has 0 saturated heterocycles. The van der Waals surface area contributed by atoms with Crippen LogP contribution in [-0.2, 0) is 0 Å². The molecule has 0 fully saturated rings. The van der Waals surface area contributed by atoms with Gasteiger partial charge < -0.3 is 10.8 Å². The molecule has 20 heavy (non-hydrogen) atoms. The second-order valence-electron chi connectivity index (χ2n) is 5.96.